The molecule has 0 fully saturated rings. The SMILES string of the molecule is Cc1cccc(C)c1NC(=O)COC(=O)CCOc1cccc(Br)c1. The molecule has 25 heavy (non-hydrogen) atoms. The van der Waals surface area contributed by atoms with Crippen molar-refractivity contribution >= 4 is 33.5 Å². The molecule has 0 aliphatic carbocycles. The Morgan fingerprint density at radius 2 is 1.76 bits per heavy atom. The number of esters is 1. The molecular formula is C19H20BrNO4. The zero-order chi connectivity index (χ0) is 18.2. The monoisotopic (exact) mass is 405 g/mol. The van der Waals surface area contributed by atoms with Crippen LogP contribution in [0.4, 0.5) is 5.69 Å². The van der Waals surface area contributed by atoms with Crippen molar-refractivity contribution in [2.24, 2.45) is 0 Å². The summed E-state index contributed by atoms with van der Waals surface area (Å²) >= 11 is 3.34. The van der Waals surface area contributed by atoms with Crippen LogP contribution in [0.1, 0.15) is 17.5 Å². The molecule has 0 aromatic heterocycles. The van der Waals surface area contributed by atoms with Gasteiger partial charge in [-0.2, -0.15) is 0 Å². The third kappa shape index (κ3) is 6.23. The second kappa shape index (κ2) is 9.22. The molecule has 0 aliphatic rings. The van der Waals surface area contributed by atoms with Gasteiger partial charge in [0.15, 0.2) is 6.61 Å². The van der Waals surface area contributed by atoms with E-state index in [9.17, 15) is 9.59 Å². The predicted octanol–water partition coefficient (Wildman–Crippen LogP) is 4.02. The van der Waals surface area contributed by atoms with E-state index in [-0.39, 0.29) is 25.5 Å². The number of carbonyl (C=O) groups is 2. The molecule has 0 heterocycles. The van der Waals surface area contributed by atoms with Gasteiger partial charge in [0, 0.05) is 10.2 Å². The topological polar surface area (TPSA) is 64.6 Å². The maximum Gasteiger partial charge on any atom is 0.309 e. The van der Waals surface area contributed by atoms with Gasteiger partial charge in [-0.05, 0) is 43.2 Å². The minimum absolute atomic E-state index is 0.0726. The fraction of sp³-hybridized carbons (Fsp3) is 0.263. The van der Waals surface area contributed by atoms with Gasteiger partial charge in [0.1, 0.15) is 5.75 Å². The molecule has 0 saturated carbocycles. The Morgan fingerprint density at radius 3 is 2.44 bits per heavy atom. The molecule has 0 spiro atoms. The minimum Gasteiger partial charge on any atom is -0.493 e. The quantitative estimate of drug-likeness (QED) is 0.706. The molecule has 2 aromatic rings. The lowest BCUT2D eigenvalue weighted by molar-refractivity contribution is -0.147. The summed E-state index contributed by atoms with van der Waals surface area (Å²) in [5.74, 6) is -0.180. The minimum atomic E-state index is -0.480. The highest BCUT2D eigenvalue weighted by Gasteiger charge is 2.10. The Morgan fingerprint density at radius 1 is 1.08 bits per heavy atom. The highest BCUT2D eigenvalue weighted by Crippen LogP contribution is 2.19. The van der Waals surface area contributed by atoms with Crippen molar-refractivity contribution in [3.05, 3.63) is 58.1 Å². The van der Waals surface area contributed by atoms with Crippen LogP contribution in [0.25, 0.3) is 0 Å². The van der Waals surface area contributed by atoms with Crippen molar-refractivity contribution in [1.82, 2.24) is 0 Å². The summed E-state index contributed by atoms with van der Waals surface area (Å²) in [6.07, 6.45) is 0.0726. The zero-order valence-electron chi connectivity index (χ0n) is 14.2. The van der Waals surface area contributed by atoms with Crippen molar-refractivity contribution in [1.29, 1.82) is 0 Å². The predicted molar refractivity (Wildman–Crippen MR) is 99.8 cm³/mol. The number of halogens is 1. The van der Waals surface area contributed by atoms with Crippen LogP contribution in [0.5, 0.6) is 5.75 Å². The summed E-state index contributed by atoms with van der Waals surface area (Å²) < 4.78 is 11.3. The molecule has 2 aromatic carbocycles. The fourth-order valence-corrected chi connectivity index (χ4v) is 2.59. The smallest absolute Gasteiger partial charge is 0.309 e. The molecule has 1 amide bonds. The van der Waals surface area contributed by atoms with Crippen LogP contribution in [0.2, 0.25) is 0 Å². The van der Waals surface area contributed by atoms with Gasteiger partial charge in [-0.3, -0.25) is 9.59 Å². The van der Waals surface area contributed by atoms with Gasteiger partial charge < -0.3 is 14.8 Å². The number of nitrogens with one attached hydrogen (secondary N) is 1. The fourth-order valence-electron chi connectivity index (χ4n) is 2.21. The lowest BCUT2D eigenvalue weighted by Crippen LogP contribution is -2.22. The van der Waals surface area contributed by atoms with E-state index in [1.54, 1.807) is 6.07 Å². The number of rotatable bonds is 7. The average Bonchev–Trinajstić information content (AvgIpc) is 2.56. The Labute approximate surface area is 155 Å². The first-order valence-corrected chi connectivity index (χ1v) is 8.65. The Balaban J connectivity index is 1.71. The summed E-state index contributed by atoms with van der Waals surface area (Å²) in [4.78, 5) is 23.6. The lowest BCUT2D eigenvalue weighted by atomic mass is 10.1. The third-order valence-electron chi connectivity index (χ3n) is 3.48. The molecular weight excluding hydrogens is 386 g/mol. The van der Waals surface area contributed by atoms with E-state index >= 15 is 0 Å². The van der Waals surface area contributed by atoms with Crippen molar-refractivity contribution in [3.8, 4) is 5.75 Å². The first-order chi connectivity index (χ1) is 12.0. The van der Waals surface area contributed by atoms with Gasteiger partial charge in [0.2, 0.25) is 0 Å². The Hall–Kier alpha value is -2.34. The molecule has 0 atom stereocenters. The highest BCUT2D eigenvalue weighted by molar-refractivity contribution is 9.10. The normalized spacial score (nSPS) is 10.2. The molecule has 0 radical (unpaired) electrons. The van der Waals surface area contributed by atoms with E-state index in [2.05, 4.69) is 21.2 Å². The maximum atomic E-state index is 11.9. The van der Waals surface area contributed by atoms with Crippen LogP contribution in [0.15, 0.2) is 46.9 Å². The van der Waals surface area contributed by atoms with Crippen LogP contribution in [0, 0.1) is 13.8 Å². The van der Waals surface area contributed by atoms with Crippen LogP contribution in [0.3, 0.4) is 0 Å². The van der Waals surface area contributed by atoms with E-state index in [0.717, 1.165) is 21.3 Å². The van der Waals surface area contributed by atoms with E-state index < -0.39 is 5.97 Å². The van der Waals surface area contributed by atoms with Crippen molar-refractivity contribution in [2.75, 3.05) is 18.5 Å². The summed E-state index contributed by atoms with van der Waals surface area (Å²) in [7, 11) is 0. The van der Waals surface area contributed by atoms with Gasteiger partial charge in [-0.1, -0.05) is 40.2 Å². The molecule has 0 saturated heterocycles. The first kappa shape index (κ1) is 19.0. The number of para-hydroxylation sites is 1. The standard InChI is InChI=1S/C19H20BrNO4/c1-13-5-3-6-14(2)19(13)21-17(22)12-25-18(23)9-10-24-16-8-4-7-15(20)11-16/h3-8,11H,9-10,12H2,1-2H3,(H,21,22). The van der Waals surface area contributed by atoms with Crippen molar-refractivity contribution < 1.29 is 19.1 Å². The largest absolute Gasteiger partial charge is 0.493 e. The Kier molecular flexibility index (Phi) is 7.01. The third-order valence-corrected chi connectivity index (χ3v) is 3.97. The summed E-state index contributed by atoms with van der Waals surface area (Å²) in [6.45, 7) is 3.69. The molecule has 2 rings (SSSR count). The van der Waals surface area contributed by atoms with Gasteiger partial charge in [0.05, 0.1) is 13.0 Å². The summed E-state index contributed by atoms with van der Waals surface area (Å²) in [6, 6.07) is 13.1. The second-order valence-electron chi connectivity index (χ2n) is 5.53. The maximum absolute atomic E-state index is 11.9. The van der Waals surface area contributed by atoms with Crippen LogP contribution >= 0.6 is 15.9 Å². The highest BCUT2D eigenvalue weighted by atomic mass is 79.9. The van der Waals surface area contributed by atoms with E-state index in [0.29, 0.717) is 5.75 Å². The number of aryl methyl sites for hydroxylation is 2. The summed E-state index contributed by atoms with van der Waals surface area (Å²) in [5, 5.41) is 2.77. The van der Waals surface area contributed by atoms with Gasteiger partial charge in [0.25, 0.3) is 5.91 Å². The molecule has 0 bridgehead atoms. The molecule has 132 valence electrons. The molecule has 0 unspecified atom stereocenters. The first-order valence-electron chi connectivity index (χ1n) is 7.86. The molecule has 0 aliphatic heterocycles. The average molecular weight is 406 g/mol. The van der Waals surface area contributed by atoms with Gasteiger partial charge in [-0.25, -0.2) is 0 Å². The number of ether oxygens (including phenoxy) is 2. The number of benzene rings is 2. The number of anilines is 1. The van der Waals surface area contributed by atoms with Crippen molar-refractivity contribution in [2.45, 2.75) is 20.3 Å². The lowest BCUT2D eigenvalue weighted by Gasteiger charge is -2.11. The molecule has 1 N–H and O–H groups in total. The second-order valence-corrected chi connectivity index (χ2v) is 6.45. The number of hydrogen-bond donors (Lipinski definition) is 1. The van der Waals surface area contributed by atoms with Crippen LogP contribution in [-0.2, 0) is 14.3 Å². The number of hydrogen-bond acceptors (Lipinski definition) is 4. The molecule has 5 nitrogen and oxygen atoms in total. The van der Waals surface area contributed by atoms with Gasteiger partial charge in [-0.15, -0.1) is 0 Å². The Bertz CT molecular complexity index is 741. The number of carbonyl (C=O) groups excluding carboxylic acids is 2. The van der Waals surface area contributed by atoms with Gasteiger partial charge >= 0.3 is 5.97 Å². The summed E-state index contributed by atoms with van der Waals surface area (Å²) in [5.41, 5.74) is 2.67. The van der Waals surface area contributed by atoms with E-state index in [1.807, 2.05) is 50.2 Å². The molecule has 6 heteroatoms. The van der Waals surface area contributed by atoms with E-state index in [1.165, 1.54) is 0 Å². The number of amides is 1. The zero-order valence-corrected chi connectivity index (χ0v) is 15.8. The van der Waals surface area contributed by atoms with E-state index in [4.69, 9.17) is 9.47 Å². The van der Waals surface area contributed by atoms with Crippen LogP contribution < -0.4 is 10.1 Å². The van der Waals surface area contributed by atoms with Crippen molar-refractivity contribution in [3.63, 3.8) is 0 Å². The van der Waals surface area contributed by atoms with Crippen LogP contribution in [-0.4, -0.2) is 25.1 Å².